The molecule has 3 N–H and O–H groups in total. The molecule has 0 atom stereocenters. The lowest BCUT2D eigenvalue weighted by Crippen LogP contribution is -2.21. The zero-order valence-corrected chi connectivity index (χ0v) is 9.19. The zero-order valence-electron chi connectivity index (χ0n) is 9.19. The monoisotopic (exact) mass is 223 g/mol. The molecule has 1 heterocycles. The van der Waals surface area contributed by atoms with Crippen LogP contribution in [0.25, 0.3) is 0 Å². The van der Waals surface area contributed by atoms with Crippen molar-refractivity contribution >= 4 is 5.69 Å². The van der Waals surface area contributed by atoms with Crippen LogP contribution in [0.4, 0.5) is 5.69 Å². The molecule has 1 aromatic carbocycles. The van der Waals surface area contributed by atoms with Crippen molar-refractivity contribution in [3.8, 4) is 11.5 Å². The van der Waals surface area contributed by atoms with Crippen molar-refractivity contribution in [1.82, 2.24) is 0 Å². The van der Waals surface area contributed by atoms with Crippen LogP contribution in [0.15, 0.2) is 18.2 Å². The van der Waals surface area contributed by atoms with Gasteiger partial charge in [0.15, 0.2) is 0 Å². The Bertz CT molecular complexity index is 328. The molecular weight excluding hydrogens is 206 g/mol. The second kappa shape index (κ2) is 5.07. The van der Waals surface area contributed by atoms with Crippen LogP contribution in [0.5, 0.6) is 11.5 Å². The van der Waals surface area contributed by atoms with Crippen molar-refractivity contribution in [2.75, 3.05) is 25.6 Å². The van der Waals surface area contributed by atoms with E-state index in [2.05, 4.69) is 0 Å². The van der Waals surface area contributed by atoms with Crippen molar-refractivity contribution < 1.29 is 14.6 Å². The molecule has 1 aliphatic rings. The van der Waals surface area contributed by atoms with Crippen LogP contribution < -0.4 is 10.5 Å². The second-order valence-corrected chi connectivity index (χ2v) is 4.13. The normalized spacial score (nSPS) is 17.2. The van der Waals surface area contributed by atoms with E-state index in [1.807, 2.05) is 0 Å². The molecule has 0 bridgehead atoms. The Balaban J connectivity index is 1.88. The van der Waals surface area contributed by atoms with E-state index in [-0.39, 0.29) is 5.75 Å². The Morgan fingerprint density at radius 1 is 1.31 bits per heavy atom. The molecular formula is C12H17NO3. The maximum absolute atomic E-state index is 9.35. The number of hydrogen-bond acceptors (Lipinski definition) is 4. The van der Waals surface area contributed by atoms with Gasteiger partial charge in [-0.1, -0.05) is 0 Å². The van der Waals surface area contributed by atoms with Crippen LogP contribution >= 0.6 is 0 Å². The van der Waals surface area contributed by atoms with Gasteiger partial charge < -0.3 is 20.3 Å². The van der Waals surface area contributed by atoms with E-state index in [4.69, 9.17) is 15.2 Å². The van der Waals surface area contributed by atoms with Gasteiger partial charge in [0, 0.05) is 37.1 Å². The third kappa shape index (κ3) is 3.03. The highest BCUT2D eigenvalue weighted by Gasteiger charge is 2.14. The third-order valence-corrected chi connectivity index (χ3v) is 2.74. The molecule has 0 aromatic heterocycles. The first-order valence-corrected chi connectivity index (χ1v) is 5.54. The summed E-state index contributed by atoms with van der Waals surface area (Å²) < 4.78 is 10.9. The largest absolute Gasteiger partial charge is 0.508 e. The molecule has 0 amide bonds. The number of benzene rings is 1. The molecule has 4 nitrogen and oxygen atoms in total. The highest BCUT2D eigenvalue weighted by Crippen LogP contribution is 2.24. The van der Waals surface area contributed by atoms with Gasteiger partial charge in [0.2, 0.25) is 0 Å². The third-order valence-electron chi connectivity index (χ3n) is 2.74. The molecule has 16 heavy (non-hydrogen) atoms. The number of phenolic OH excluding ortho intramolecular Hbond substituents is 1. The zero-order chi connectivity index (χ0) is 11.4. The van der Waals surface area contributed by atoms with Crippen LogP contribution in [0.2, 0.25) is 0 Å². The number of hydrogen-bond donors (Lipinski definition) is 2. The predicted octanol–water partition coefficient (Wildman–Crippen LogP) is 1.78. The second-order valence-electron chi connectivity index (χ2n) is 4.13. The van der Waals surface area contributed by atoms with E-state index in [9.17, 15) is 5.11 Å². The Morgan fingerprint density at radius 2 is 2.06 bits per heavy atom. The van der Waals surface area contributed by atoms with Crippen molar-refractivity contribution in [2.45, 2.75) is 12.8 Å². The number of aromatic hydroxyl groups is 1. The van der Waals surface area contributed by atoms with E-state index in [0.717, 1.165) is 26.1 Å². The molecule has 88 valence electrons. The van der Waals surface area contributed by atoms with Crippen LogP contribution in [-0.4, -0.2) is 24.9 Å². The summed E-state index contributed by atoms with van der Waals surface area (Å²) in [7, 11) is 0. The first-order valence-electron chi connectivity index (χ1n) is 5.54. The van der Waals surface area contributed by atoms with Gasteiger partial charge in [0.25, 0.3) is 0 Å². The standard InChI is InChI=1S/C12H17NO3/c13-10-5-11(14)7-12(6-10)16-8-9-1-3-15-4-2-9/h5-7,9,14H,1-4,8,13H2. The van der Waals surface area contributed by atoms with E-state index >= 15 is 0 Å². The van der Waals surface area contributed by atoms with Crippen molar-refractivity contribution in [1.29, 1.82) is 0 Å². The van der Waals surface area contributed by atoms with E-state index in [1.54, 1.807) is 12.1 Å². The van der Waals surface area contributed by atoms with E-state index in [0.29, 0.717) is 24.0 Å². The fraction of sp³-hybridized carbons (Fsp3) is 0.500. The van der Waals surface area contributed by atoms with Gasteiger partial charge in [-0.15, -0.1) is 0 Å². The lowest BCUT2D eigenvalue weighted by Gasteiger charge is -2.22. The minimum absolute atomic E-state index is 0.141. The summed E-state index contributed by atoms with van der Waals surface area (Å²) in [6, 6.07) is 4.80. The molecule has 1 aromatic rings. The van der Waals surface area contributed by atoms with Gasteiger partial charge in [-0.05, 0) is 18.8 Å². The topological polar surface area (TPSA) is 64.7 Å². The maximum atomic E-state index is 9.35. The lowest BCUT2D eigenvalue weighted by atomic mass is 10.0. The highest BCUT2D eigenvalue weighted by atomic mass is 16.5. The summed E-state index contributed by atoms with van der Waals surface area (Å²) in [5.74, 6) is 1.31. The molecule has 2 rings (SSSR count). The fourth-order valence-electron chi connectivity index (χ4n) is 1.82. The summed E-state index contributed by atoms with van der Waals surface area (Å²) in [6.45, 7) is 2.29. The van der Waals surface area contributed by atoms with Crippen molar-refractivity contribution in [2.24, 2.45) is 5.92 Å². The fourth-order valence-corrected chi connectivity index (χ4v) is 1.82. The molecule has 4 heteroatoms. The Hall–Kier alpha value is -1.42. The van der Waals surface area contributed by atoms with Crippen LogP contribution in [0, 0.1) is 5.92 Å². The molecule has 0 spiro atoms. The number of rotatable bonds is 3. The Labute approximate surface area is 95.0 Å². The number of ether oxygens (including phenoxy) is 2. The molecule has 0 aliphatic carbocycles. The molecule has 0 unspecified atom stereocenters. The van der Waals surface area contributed by atoms with Gasteiger partial charge in [-0.3, -0.25) is 0 Å². The summed E-state index contributed by atoms with van der Waals surface area (Å²) >= 11 is 0. The molecule has 1 saturated heterocycles. The quantitative estimate of drug-likeness (QED) is 0.767. The molecule has 1 aliphatic heterocycles. The number of nitrogen functional groups attached to an aromatic ring is 1. The first kappa shape index (κ1) is 11.1. The summed E-state index contributed by atoms with van der Waals surface area (Å²) in [5, 5.41) is 9.35. The van der Waals surface area contributed by atoms with Crippen LogP contribution in [0.3, 0.4) is 0 Å². The highest BCUT2D eigenvalue weighted by molar-refractivity contribution is 5.49. The molecule has 1 fully saturated rings. The van der Waals surface area contributed by atoms with E-state index in [1.165, 1.54) is 6.07 Å². The number of phenols is 1. The summed E-state index contributed by atoms with van der Waals surface area (Å²) in [5.41, 5.74) is 6.12. The molecule has 0 radical (unpaired) electrons. The first-order chi connectivity index (χ1) is 7.74. The SMILES string of the molecule is Nc1cc(O)cc(OCC2CCOCC2)c1. The smallest absolute Gasteiger partial charge is 0.125 e. The van der Waals surface area contributed by atoms with Crippen molar-refractivity contribution in [3.05, 3.63) is 18.2 Å². The maximum Gasteiger partial charge on any atom is 0.125 e. The molecule has 0 saturated carbocycles. The average molecular weight is 223 g/mol. The minimum atomic E-state index is 0.141. The minimum Gasteiger partial charge on any atom is -0.508 e. The van der Waals surface area contributed by atoms with Gasteiger partial charge in [-0.25, -0.2) is 0 Å². The summed E-state index contributed by atoms with van der Waals surface area (Å²) in [4.78, 5) is 0. The van der Waals surface area contributed by atoms with Gasteiger partial charge in [0.1, 0.15) is 11.5 Å². The Kier molecular flexibility index (Phi) is 3.51. The number of nitrogens with two attached hydrogens (primary N) is 1. The van der Waals surface area contributed by atoms with Gasteiger partial charge in [0.05, 0.1) is 6.61 Å². The average Bonchev–Trinajstić information content (AvgIpc) is 2.27. The van der Waals surface area contributed by atoms with Crippen LogP contribution in [-0.2, 0) is 4.74 Å². The summed E-state index contributed by atoms with van der Waals surface area (Å²) in [6.07, 6.45) is 2.07. The lowest BCUT2D eigenvalue weighted by molar-refractivity contribution is 0.0497. The van der Waals surface area contributed by atoms with Gasteiger partial charge >= 0.3 is 0 Å². The van der Waals surface area contributed by atoms with E-state index < -0.39 is 0 Å². The number of anilines is 1. The van der Waals surface area contributed by atoms with Crippen molar-refractivity contribution in [3.63, 3.8) is 0 Å². The van der Waals surface area contributed by atoms with Gasteiger partial charge in [-0.2, -0.15) is 0 Å². The predicted molar refractivity (Wildman–Crippen MR) is 61.6 cm³/mol. The van der Waals surface area contributed by atoms with Crippen LogP contribution in [0.1, 0.15) is 12.8 Å². The Morgan fingerprint density at radius 3 is 2.75 bits per heavy atom.